The van der Waals surface area contributed by atoms with Crippen LogP contribution in [-0.4, -0.2) is 13.1 Å². The summed E-state index contributed by atoms with van der Waals surface area (Å²) >= 11 is 0. The van der Waals surface area contributed by atoms with Crippen molar-refractivity contribution in [3.05, 3.63) is 54.1 Å². The van der Waals surface area contributed by atoms with Gasteiger partial charge in [-0.15, -0.1) is 0 Å². The van der Waals surface area contributed by atoms with Gasteiger partial charge in [0, 0.05) is 13.1 Å². The molecule has 0 aliphatic carbocycles. The Kier molecular flexibility index (Phi) is 4.07. The van der Waals surface area contributed by atoms with Crippen LogP contribution >= 0.6 is 0 Å². The van der Waals surface area contributed by atoms with E-state index in [2.05, 4.69) is 11.0 Å². The second kappa shape index (κ2) is 6.32. The molecule has 2 aromatic rings. The van der Waals surface area contributed by atoms with Crippen molar-refractivity contribution in [3.8, 4) is 17.6 Å². The smallest absolute Gasteiger partial charge is 0.147 e. The van der Waals surface area contributed by atoms with E-state index in [0.29, 0.717) is 11.3 Å². The Bertz CT molecular complexity index is 640. The van der Waals surface area contributed by atoms with E-state index in [1.165, 1.54) is 19.3 Å². The lowest BCUT2D eigenvalue weighted by Gasteiger charge is -2.29. The fraction of sp³-hybridized carbons (Fsp3) is 0.278. The van der Waals surface area contributed by atoms with E-state index in [1.807, 2.05) is 48.5 Å². The van der Waals surface area contributed by atoms with Crippen molar-refractivity contribution in [3.63, 3.8) is 0 Å². The molecule has 0 aromatic heterocycles. The van der Waals surface area contributed by atoms with Gasteiger partial charge in [-0.1, -0.05) is 24.3 Å². The zero-order valence-electron chi connectivity index (χ0n) is 12.0. The van der Waals surface area contributed by atoms with Crippen molar-refractivity contribution < 1.29 is 4.74 Å². The molecule has 3 nitrogen and oxygen atoms in total. The maximum atomic E-state index is 9.55. The van der Waals surface area contributed by atoms with Crippen LogP contribution in [0, 0.1) is 11.3 Å². The van der Waals surface area contributed by atoms with Gasteiger partial charge in [-0.2, -0.15) is 5.26 Å². The minimum atomic E-state index is 0.628. The summed E-state index contributed by atoms with van der Waals surface area (Å²) < 4.78 is 5.88. The van der Waals surface area contributed by atoms with Gasteiger partial charge in [0.2, 0.25) is 0 Å². The van der Waals surface area contributed by atoms with Gasteiger partial charge in [0.1, 0.15) is 23.1 Å². The Morgan fingerprint density at radius 2 is 1.67 bits per heavy atom. The first-order chi connectivity index (χ1) is 10.4. The SMILES string of the molecule is N#Cc1c(Oc2ccccc2)cccc1N1CCCCC1. The molecule has 1 saturated heterocycles. The number of piperidine rings is 1. The summed E-state index contributed by atoms with van der Waals surface area (Å²) in [6.45, 7) is 2.03. The lowest BCUT2D eigenvalue weighted by molar-refractivity contribution is 0.480. The Hall–Kier alpha value is -2.47. The van der Waals surface area contributed by atoms with Gasteiger partial charge < -0.3 is 9.64 Å². The predicted molar refractivity (Wildman–Crippen MR) is 83.7 cm³/mol. The van der Waals surface area contributed by atoms with Crippen molar-refractivity contribution >= 4 is 5.69 Å². The molecule has 3 rings (SSSR count). The van der Waals surface area contributed by atoms with Crippen molar-refractivity contribution in [2.75, 3.05) is 18.0 Å². The van der Waals surface area contributed by atoms with Crippen LogP contribution in [0.3, 0.4) is 0 Å². The molecular weight excluding hydrogens is 260 g/mol. The van der Waals surface area contributed by atoms with Crippen LogP contribution in [0.15, 0.2) is 48.5 Å². The Morgan fingerprint density at radius 3 is 2.38 bits per heavy atom. The van der Waals surface area contributed by atoms with Crippen LogP contribution < -0.4 is 9.64 Å². The number of nitrogens with zero attached hydrogens (tertiary/aromatic N) is 2. The normalized spacial score (nSPS) is 14.5. The van der Waals surface area contributed by atoms with E-state index in [-0.39, 0.29) is 0 Å². The number of anilines is 1. The summed E-state index contributed by atoms with van der Waals surface area (Å²) in [5, 5.41) is 9.55. The first-order valence-electron chi connectivity index (χ1n) is 7.39. The molecule has 21 heavy (non-hydrogen) atoms. The maximum Gasteiger partial charge on any atom is 0.147 e. The number of hydrogen-bond acceptors (Lipinski definition) is 3. The molecule has 1 fully saturated rings. The highest BCUT2D eigenvalue weighted by molar-refractivity contribution is 5.65. The molecule has 0 spiro atoms. The van der Waals surface area contributed by atoms with Gasteiger partial charge in [0.05, 0.1) is 5.69 Å². The van der Waals surface area contributed by atoms with Gasteiger partial charge in [-0.3, -0.25) is 0 Å². The minimum Gasteiger partial charge on any atom is -0.456 e. The number of rotatable bonds is 3. The van der Waals surface area contributed by atoms with Crippen molar-refractivity contribution in [2.45, 2.75) is 19.3 Å². The van der Waals surface area contributed by atoms with Gasteiger partial charge in [-0.05, 0) is 43.5 Å². The first-order valence-corrected chi connectivity index (χ1v) is 7.39. The average Bonchev–Trinajstić information content (AvgIpc) is 2.56. The van der Waals surface area contributed by atoms with Crippen LogP contribution in [0.25, 0.3) is 0 Å². The molecule has 1 heterocycles. The van der Waals surface area contributed by atoms with Gasteiger partial charge in [-0.25, -0.2) is 0 Å². The Balaban J connectivity index is 1.92. The molecule has 1 aliphatic heterocycles. The summed E-state index contributed by atoms with van der Waals surface area (Å²) in [7, 11) is 0. The Morgan fingerprint density at radius 1 is 0.905 bits per heavy atom. The number of benzene rings is 2. The van der Waals surface area contributed by atoms with Gasteiger partial charge in [0.15, 0.2) is 0 Å². The molecule has 106 valence electrons. The van der Waals surface area contributed by atoms with Crippen molar-refractivity contribution in [2.24, 2.45) is 0 Å². The second-order valence-electron chi connectivity index (χ2n) is 5.22. The largest absolute Gasteiger partial charge is 0.456 e. The summed E-state index contributed by atoms with van der Waals surface area (Å²) in [5.41, 5.74) is 1.62. The third kappa shape index (κ3) is 3.00. The summed E-state index contributed by atoms with van der Waals surface area (Å²) in [6, 6.07) is 17.7. The quantitative estimate of drug-likeness (QED) is 0.838. The van der Waals surface area contributed by atoms with Crippen molar-refractivity contribution in [1.29, 1.82) is 5.26 Å². The fourth-order valence-corrected chi connectivity index (χ4v) is 2.73. The molecule has 0 amide bonds. The summed E-state index contributed by atoms with van der Waals surface area (Å²) in [5.74, 6) is 1.39. The highest BCUT2D eigenvalue weighted by Crippen LogP contribution is 2.33. The van der Waals surface area contributed by atoms with E-state index < -0.39 is 0 Å². The van der Waals surface area contributed by atoms with E-state index in [0.717, 1.165) is 24.5 Å². The summed E-state index contributed by atoms with van der Waals surface area (Å²) in [6.07, 6.45) is 3.65. The molecule has 0 N–H and O–H groups in total. The number of hydrogen-bond donors (Lipinski definition) is 0. The number of ether oxygens (including phenoxy) is 1. The zero-order chi connectivity index (χ0) is 14.5. The number of nitriles is 1. The monoisotopic (exact) mass is 278 g/mol. The van der Waals surface area contributed by atoms with Gasteiger partial charge >= 0.3 is 0 Å². The molecule has 0 unspecified atom stereocenters. The molecule has 0 atom stereocenters. The Labute approximate surface area is 125 Å². The highest BCUT2D eigenvalue weighted by Gasteiger charge is 2.17. The first kappa shape index (κ1) is 13.5. The third-order valence-corrected chi connectivity index (χ3v) is 3.78. The van der Waals surface area contributed by atoms with Gasteiger partial charge in [0.25, 0.3) is 0 Å². The minimum absolute atomic E-state index is 0.628. The van der Waals surface area contributed by atoms with E-state index in [1.54, 1.807) is 0 Å². The molecule has 0 bridgehead atoms. The van der Waals surface area contributed by atoms with Crippen LogP contribution in [0.5, 0.6) is 11.5 Å². The van der Waals surface area contributed by atoms with Crippen LogP contribution in [0.2, 0.25) is 0 Å². The van der Waals surface area contributed by atoms with E-state index in [4.69, 9.17) is 4.74 Å². The average molecular weight is 278 g/mol. The second-order valence-corrected chi connectivity index (χ2v) is 5.22. The lowest BCUT2D eigenvalue weighted by atomic mass is 10.1. The van der Waals surface area contributed by atoms with E-state index in [9.17, 15) is 5.26 Å². The van der Waals surface area contributed by atoms with Crippen LogP contribution in [-0.2, 0) is 0 Å². The van der Waals surface area contributed by atoms with Crippen molar-refractivity contribution in [1.82, 2.24) is 0 Å². The topological polar surface area (TPSA) is 36.3 Å². The maximum absolute atomic E-state index is 9.55. The molecular formula is C18H18N2O. The highest BCUT2D eigenvalue weighted by atomic mass is 16.5. The summed E-state index contributed by atoms with van der Waals surface area (Å²) in [4.78, 5) is 2.29. The molecule has 2 aromatic carbocycles. The van der Waals surface area contributed by atoms with E-state index >= 15 is 0 Å². The fourth-order valence-electron chi connectivity index (χ4n) is 2.73. The molecule has 0 saturated carbocycles. The standard InChI is InChI=1S/C18H18N2O/c19-14-16-17(20-12-5-2-6-13-20)10-7-11-18(16)21-15-8-3-1-4-9-15/h1,3-4,7-11H,2,5-6,12-13H2. The molecule has 1 aliphatic rings. The molecule has 0 radical (unpaired) electrons. The number of para-hydroxylation sites is 1. The third-order valence-electron chi connectivity index (χ3n) is 3.78. The van der Waals surface area contributed by atoms with Crippen LogP contribution in [0.4, 0.5) is 5.69 Å². The van der Waals surface area contributed by atoms with Crippen LogP contribution in [0.1, 0.15) is 24.8 Å². The predicted octanol–water partition coefficient (Wildman–Crippen LogP) is 4.34. The molecule has 3 heteroatoms. The lowest BCUT2D eigenvalue weighted by Crippen LogP contribution is -2.30. The zero-order valence-corrected chi connectivity index (χ0v) is 12.0.